The van der Waals surface area contributed by atoms with Crippen molar-refractivity contribution in [1.29, 1.82) is 0 Å². The Bertz CT molecular complexity index is 533. The van der Waals surface area contributed by atoms with Crippen molar-refractivity contribution in [3.63, 3.8) is 0 Å². The van der Waals surface area contributed by atoms with Gasteiger partial charge in [0.25, 0.3) is 0 Å². The van der Waals surface area contributed by atoms with Gasteiger partial charge in [-0.3, -0.25) is 9.69 Å². The molecule has 2 aliphatic rings. The second-order valence-corrected chi connectivity index (χ2v) is 6.15. The van der Waals surface area contributed by atoms with E-state index in [4.69, 9.17) is 0 Å². The highest BCUT2D eigenvalue weighted by molar-refractivity contribution is 5.79. The van der Waals surface area contributed by atoms with Gasteiger partial charge >= 0.3 is 0 Å². The molecule has 2 heterocycles. The number of rotatable bonds is 2. The fourth-order valence-electron chi connectivity index (χ4n) is 3.56. The van der Waals surface area contributed by atoms with Crippen LogP contribution in [0.15, 0.2) is 18.2 Å². The molecule has 0 aliphatic carbocycles. The minimum Gasteiger partial charge on any atom is -0.340 e. The largest absolute Gasteiger partial charge is 0.340 e. The summed E-state index contributed by atoms with van der Waals surface area (Å²) >= 11 is 0. The van der Waals surface area contributed by atoms with Crippen LogP contribution in [0.25, 0.3) is 0 Å². The summed E-state index contributed by atoms with van der Waals surface area (Å²) in [6.07, 6.45) is 3.29. The lowest BCUT2D eigenvalue weighted by Gasteiger charge is -2.43. The van der Waals surface area contributed by atoms with Gasteiger partial charge in [0.1, 0.15) is 11.6 Å². The van der Waals surface area contributed by atoms with Crippen LogP contribution in [0.4, 0.5) is 8.78 Å². The van der Waals surface area contributed by atoms with Gasteiger partial charge in [-0.15, -0.1) is 0 Å². The smallest absolute Gasteiger partial charge is 0.222 e. The topological polar surface area (TPSA) is 23.6 Å². The summed E-state index contributed by atoms with van der Waals surface area (Å²) in [7, 11) is 1.88. The van der Waals surface area contributed by atoms with Gasteiger partial charge in [-0.2, -0.15) is 0 Å². The van der Waals surface area contributed by atoms with Gasteiger partial charge in [0.05, 0.1) is 0 Å². The number of piperidine rings is 1. The molecule has 3 rings (SSSR count). The Morgan fingerprint density at radius 3 is 2.29 bits per heavy atom. The maximum atomic E-state index is 13.7. The molecule has 3 nitrogen and oxygen atoms in total. The third-order valence-electron chi connectivity index (χ3n) is 5.12. The Morgan fingerprint density at radius 2 is 1.76 bits per heavy atom. The lowest BCUT2D eigenvalue weighted by molar-refractivity contribution is -0.130. The van der Waals surface area contributed by atoms with Crippen molar-refractivity contribution in [2.75, 3.05) is 20.1 Å². The van der Waals surface area contributed by atoms with Gasteiger partial charge < -0.3 is 4.90 Å². The normalized spacial score (nSPS) is 22.2. The molecule has 5 heteroatoms. The fourth-order valence-corrected chi connectivity index (χ4v) is 3.56. The van der Waals surface area contributed by atoms with Crippen molar-refractivity contribution in [2.45, 2.75) is 37.8 Å². The Morgan fingerprint density at radius 1 is 1.14 bits per heavy atom. The highest BCUT2D eigenvalue weighted by atomic mass is 19.1. The molecule has 1 spiro atoms. The van der Waals surface area contributed by atoms with Crippen LogP contribution < -0.4 is 0 Å². The zero-order valence-electron chi connectivity index (χ0n) is 12.2. The average molecular weight is 294 g/mol. The van der Waals surface area contributed by atoms with Crippen LogP contribution in [0.5, 0.6) is 0 Å². The Labute approximate surface area is 123 Å². The van der Waals surface area contributed by atoms with Gasteiger partial charge in [-0.25, -0.2) is 8.78 Å². The van der Waals surface area contributed by atoms with Gasteiger partial charge in [0.2, 0.25) is 5.91 Å². The molecular formula is C16H20F2N2O. The summed E-state index contributed by atoms with van der Waals surface area (Å²) in [6.45, 7) is 1.84. The van der Waals surface area contributed by atoms with Crippen molar-refractivity contribution >= 4 is 5.91 Å². The summed E-state index contributed by atoms with van der Waals surface area (Å²) in [5.41, 5.74) is 0.116. The number of halogens is 2. The number of hydrogen-bond acceptors (Lipinski definition) is 2. The number of hydrogen-bond donors (Lipinski definition) is 0. The van der Waals surface area contributed by atoms with Gasteiger partial charge in [0, 0.05) is 44.2 Å². The molecule has 0 N–H and O–H groups in total. The predicted octanol–water partition coefficient (Wildman–Crippen LogP) is 2.55. The third-order valence-corrected chi connectivity index (χ3v) is 5.12. The van der Waals surface area contributed by atoms with Crippen molar-refractivity contribution in [3.05, 3.63) is 35.4 Å². The summed E-state index contributed by atoms with van der Waals surface area (Å²) in [5, 5.41) is 0. The standard InChI is InChI=1S/C16H20F2N2O/c1-19-15(21)5-6-16(19)7-9-20(10-8-16)11-12-13(17)3-2-4-14(12)18/h2-4H,5-11H2,1H3. The Kier molecular flexibility index (Phi) is 3.69. The molecule has 0 aromatic heterocycles. The first kappa shape index (κ1) is 14.4. The van der Waals surface area contributed by atoms with E-state index in [0.29, 0.717) is 13.0 Å². The number of benzene rings is 1. The molecule has 0 bridgehead atoms. The molecule has 0 saturated carbocycles. The zero-order chi connectivity index (χ0) is 15.0. The first-order valence-corrected chi connectivity index (χ1v) is 7.44. The molecule has 114 valence electrons. The van der Waals surface area contributed by atoms with E-state index in [-0.39, 0.29) is 17.0 Å². The monoisotopic (exact) mass is 294 g/mol. The highest BCUT2D eigenvalue weighted by Gasteiger charge is 2.44. The predicted molar refractivity (Wildman–Crippen MR) is 75.6 cm³/mol. The second-order valence-electron chi connectivity index (χ2n) is 6.15. The van der Waals surface area contributed by atoms with Crippen molar-refractivity contribution in [1.82, 2.24) is 9.80 Å². The van der Waals surface area contributed by atoms with Crippen LogP contribution in [0.2, 0.25) is 0 Å². The maximum Gasteiger partial charge on any atom is 0.222 e. The molecule has 0 unspecified atom stereocenters. The third kappa shape index (κ3) is 2.55. The molecule has 0 atom stereocenters. The average Bonchev–Trinajstić information content (AvgIpc) is 2.74. The highest BCUT2D eigenvalue weighted by Crippen LogP contribution is 2.38. The number of likely N-dealkylation sites (tertiary alicyclic amines) is 2. The number of carbonyl (C=O) groups is 1. The van der Waals surface area contributed by atoms with Crippen LogP contribution in [-0.4, -0.2) is 41.4 Å². The second kappa shape index (κ2) is 5.37. The molecule has 1 amide bonds. The van der Waals surface area contributed by atoms with Crippen molar-refractivity contribution < 1.29 is 13.6 Å². The lowest BCUT2D eigenvalue weighted by atomic mass is 9.85. The van der Waals surface area contributed by atoms with E-state index in [1.165, 1.54) is 18.2 Å². The quantitative estimate of drug-likeness (QED) is 0.837. The Hall–Kier alpha value is -1.49. The first-order chi connectivity index (χ1) is 10.0. The van der Waals surface area contributed by atoms with Crippen LogP contribution in [0, 0.1) is 11.6 Å². The molecule has 2 fully saturated rings. The van der Waals surface area contributed by atoms with Crippen molar-refractivity contribution in [2.24, 2.45) is 0 Å². The van der Waals surface area contributed by atoms with Gasteiger partial charge in [-0.05, 0) is 31.4 Å². The summed E-state index contributed by atoms with van der Waals surface area (Å²) in [6, 6.07) is 3.99. The fraction of sp³-hybridized carbons (Fsp3) is 0.562. The molecule has 21 heavy (non-hydrogen) atoms. The summed E-state index contributed by atoms with van der Waals surface area (Å²) in [4.78, 5) is 15.7. The first-order valence-electron chi connectivity index (χ1n) is 7.44. The van der Waals surface area contributed by atoms with Crippen LogP contribution >= 0.6 is 0 Å². The Balaban J connectivity index is 1.66. The SMILES string of the molecule is CN1C(=O)CCC12CCN(Cc1c(F)cccc1F)CC2. The van der Waals surface area contributed by atoms with Gasteiger partial charge in [-0.1, -0.05) is 6.07 Å². The van der Waals surface area contributed by atoms with Gasteiger partial charge in [0.15, 0.2) is 0 Å². The summed E-state index contributed by atoms with van der Waals surface area (Å²) < 4.78 is 27.4. The van der Waals surface area contributed by atoms with E-state index in [9.17, 15) is 13.6 Å². The minimum atomic E-state index is -0.483. The van der Waals surface area contributed by atoms with E-state index in [1.54, 1.807) is 0 Å². The number of nitrogens with zero attached hydrogens (tertiary/aromatic N) is 2. The number of amides is 1. The molecule has 1 aromatic rings. The molecule has 2 saturated heterocycles. The van der Waals surface area contributed by atoms with Crippen molar-refractivity contribution in [3.8, 4) is 0 Å². The van der Waals surface area contributed by atoms with E-state index in [1.807, 2.05) is 11.9 Å². The van der Waals surface area contributed by atoms with Crippen LogP contribution in [0.1, 0.15) is 31.2 Å². The molecule has 0 radical (unpaired) electrons. The minimum absolute atomic E-state index is 0.0264. The van der Waals surface area contributed by atoms with E-state index in [2.05, 4.69) is 4.90 Å². The maximum absolute atomic E-state index is 13.7. The van der Waals surface area contributed by atoms with Crippen LogP contribution in [0.3, 0.4) is 0 Å². The van der Waals surface area contributed by atoms with Crippen LogP contribution in [-0.2, 0) is 11.3 Å². The molecular weight excluding hydrogens is 274 g/mol. The zero-order valence-corrected chi connectivity index (χ0v) is 12.2. The number of carbonyl (C=O) groups excluding carboxylic acids is 1. The van der Waals surface area contributed by atoms with E-state index in [0.717, 1.165) is 32.4 Å². The summed E-state index contributed by atoms with van der Waals surface area (Å²) in [5.74, 6) is -0.754. The van der Waals surface area contributed by atoms with E-state index >= 15 is 0 Å². The molecule has 1 aromatic carbocycles. The van der Waals surface area contributed by atoms with E-state index < -0.39 is 11.6 Å². The molecule has 2 aliphatic heterocycles. The lowest BCUT2D eigenvalue weighted by Crippen LogP contribution is -2.51.